The number of likely N-dealkylation sites (N-methyl/N-ethyl adjacent to an activating group) is 1. The number of nitrogens with zero attached hydrogens (tertiary/aromatic N) is 1. The molecule has 0 radical (unpaired) electrons. The summed E-state index contributed by atoms with van der Waals surface area (Å²) in [5.74, 6) is -0.0692. The van der Waals surface area contributed by atoms with Gasteiger partial charge >= 0.3 is 0 Å². The number of carbonyl (C=O) groups excluding carboxylic acids is 2. The predicted molar refractivity (Wildman–Crippen MR) is 125 cm³/mol. The number of carbonyl (C=O) groups is 2. The normalized spacial score (nSPS) is 13.1. The van der Waals surface area contributed by atoms with Crippen molar-refractivity contribution >= 4 is 35.0 Å². The molecule has 2 N–H and O–H groups in total. The molecule has 0 fully saturated rings. The van der Waals surface area contributed by atoms with Gasteiger partial charge in [0.1, 0.15) is 11.8 Å². The Hall–Kier alpha value is -2.28. The first-order chi connectivity index (χ1) is 14.6. The number of hydrogen-bond donors (Lipinski definition) is 2. The van der Waals surface area contributed by atoms with Gasteiger partial charge in [0.15, 0.2) is 0 Å². The van der Waals surface area contributed by atoms with Crippen LogP contribution in [0.4, 0.5) is 0 Å². The topological polar surface area (TPSA) is 70.7 Å². The molecular weight excluding hydrogens is 437 g/mol. The molecule has 2 amide bonds. The van der Waals surface area contributed by atoms with Crippen molar-refractivity contribution in [3.8, 4) is 5.75 Å². The molecule has 2 rings (SSSR count). The average molecular weight is 466 g/mol. The molecule has 6 nitrogen and oxygen atoms in total. The number of benzene rings is 2. The van der Waals surface area contributed by atoms with Gasteiger partial charge < -0.3 is 20.3 Å². The second kappa shape index (κ2) is 11.4. The van der Waals surface area contributed by atoms with E-state index in [1.54, 1.807) is 19.2 Å². The third-order valence-corrected chi connectivity index (χ3v) is 5.55. The minimum absolute atomic E-state index is 0.102. The molecule has 0 aliphatic carbocycles. The second-order valence-corrected chi connectivity index (χ2v) is 8.63. The fraction of sp³-hybridized carbons (Fsp3) is 0.391. The van der Waals surface area contributed by atoms with Gasteiger partial charge in [-0.2, -0.15) is 0 Å². The molecule has 2 aromatic rings. The summed E-state index contributed by atoms with van der Waals surface area (Å²) >= 11 is 12.0. The van der Waals surface area contributed by atoms with Crippen molar-refractivity contribution < 1.29 is 14.3 Å². The maximum Gasteiger partial charge on any atom is 0.253 e. The smallest absolute Gasteiger partial charge is 0.253 e. The molecule has 2 unspecified atom stereocenters. The van der Waals surface area contributed by atoms with Gasteiger partial charge in [0.25, 0.3) is 5.91 Å². The highest BCUT2D eigenvalue weighted by Crippen LogP contribution is 2.27. The van der Waals surface area contributed by atoms with Crippen LogP contribution in [0.5, 0.6) is 5.75 Å². The number of hydrogen-bond acceptors (Lipinski definition) is 4. The van der Waals surface area contributed by atoms with Crippen molar-refractivity contribution in [3.05, 3.63) is 63.6 Å². The lowest BCUT2D eigenvalue weighted by Crippen LogP contribution is -2.51. The number of amides is 2. The van der Waals surface area contributed by atoms with Gasteiger partial charge in [-0.15, -0.1) is 0 Å². The van der Waals surface area contributed by atoms with Crippen molar-refractivity contribution in [1.29, 1.82) is 0 Å². The Morgan fingerprint density at radius 2 is 1.77 bits per heavy atom. The standard InChI is InChI=1S/C23H29Cl2N3O3/c1-14(2)21(27-22(29)16-11-10-15(24)12-18(16)25)23(30)26-13-19(28(3)4)17-8-6-7-9-20(17)31-5/h6-12,14,19,21H,13H2,1-5H3,(H,26,30)(H,27,29). The zero-order valence-electron chi connectivity index (χ0n) is 18.4. The highest BCUT2D eigenvalue weighted by molar-refractivity contribution is 6.36. The van der Waals surface area contributed by atoms with Crippen LogP contribution in [0, 0.1) is 5.92 Å². The molecule has 0 aliphatic heterocycles. The van der Waals surface area contributed by atoms with Gasteiger partial charge in [0, 0.05) is 17.1 Å². The van der Waals surface area contributed by atoms with Gasteiger partial charge in [-0.1, -0.05) is 55.2 Å². The molecule has 168 valence electrons. The molecule has 0 saturated heterocycles. The number of halogens is 2. The fourth-order valence-corrected chi connectivity index (χ4v) is 3.74. The van der Waals surface area contributed by atoms with Crippen LogP contribution in [0.2, 0.25) is 10.0 Å². The number of rotatable bonds is 9. The van der Waals surface area contributed by atoms with E-state index in [0.717, 1.165) is 11.3 Å². The Labute approximate surface area is 193 Å². The summed E-state index contributed by atoms with van der Waals surface area (Å²) in [6.45, 7) is 4.10. The van der Waals surface area contributed by atoms with E-state index in [-0.39, 0.29) is 28.5 Å². The summed E-state index contributed by atoms with van der Waals surface area (Å²) in [7, 11) is 5.50. The number of methoxy groups -OCH3 is 1. The Bertz CT molecular complexity index is 919. The summed E-state index contributed by atoms with van der Waals surface area (Å²) in [5, 5.41) is 6.43. The summed E-state index contributed by atoms with van der Waals surface area (Å²) in [6.07, 6.45) is 0. The summed E-state index contributed by atoms with van der Waals surface area (Å²) in [4.78, 5) is 27.7. The SMILES string of the molecule is COc1ccccc1C(CNC(=O)C(NC(=O)c1ccc(Cl)cc1Cl)C(C)C)N(C)C. The highest BCUT2D eigenvalue weighted by atomic mass is 35.5. The Kier molecular flexibility index (Phi) is 9.16. The van der Waals surface area contributed by atoms with Crippen LogP contribution in [0.15, 0.2) is 42.5 Å². The largest absolute Gasteiger partial charge is 0.496 e. The van der Waals surface area contributed by atoms with Crippen LogP contribution in [0.3, 0.4) is 0 Å². The third-order valence-electron chi connectivity index (χ3n) is 5.00. The van der Waals surface area contributed by atoms with Gasteiger partial charge in [-0.25, -0.2) is 0 Å². The molecule has 0 aliphatic rings. The van der Waals surface area contributed by atoms with Crippen molar-refractivity contribution in [3.63, 3.8) is 0 Å². The molecule has 2 aromatic carbocycles. The van der Waals surface area contributed by atoms with E-state index in [1.165, 1.54) is 6.07 Å². The van der Waals surface area contributed by atoms with Crippen LogP contribution in [-0.2, 0) is 4.79 Å². The molecule has 0 spiro atoms. The maximum atomic E-state index is 13.0. The van der Waals surface area contributed by atoms with Crippen molar-refractivity contribution in [2.45, 2.75) is 25.9 Å². The summed E-state index contributed by atoms with van der Waals surface area (Å²) in [6, 6.07) is 11.5. The Balaban J connectivity index is 2.13. The minimum atomic E-state index is -0.722. The monoisotopic (exact) mass is 465 g/mol. The highest BCUT2D eigenvalue weighted by Gasteiger charge is 2.27. The van der Waals surface area contributed by atoms with E-state index in [4.69, 9.17) is 27.9 Å². The molecular formula is C23H29Cl2N3O3. The third kappa shape index (κ3) is 6.60. The van der Waals surface area contributed by atoms with Gasteiger partial charge in [0.05, 0.1) is 23.7 Å². The number of nitrogens with one attached hydrogen (secondary N) is 2. The van der Waals surface area contributed by atoms with Crippen LogP contribution < -0.4 is 15.4 Å². The molecule has 0 saturated carbocycles. The van der Waals surface area contributed by atoms with Crippen LogP contribution in [0.25, 0.3) is 0 Å². The summed E-state index contributed by atoms with van der Waals surface area (Å²) in [5.41, 5.74) is 1.23. The Morgan fingerprint density at radius 1 is 1.10 bits per heavy atom. The van der Waals surface area contributed by atoms with Crippen molar-refractivity contribution in [2.24, 2.45) is 5.92 Å². The molecule has 8 heteroatoms. The maximum absolute atomic E-state index is 13.0. The van der Waals surface area contributed by atoms with E-state index >= 15 is 0 Å². The van der Waals surface area contributed by atoms with E-state index in [9.17, 15) is 9.59 Å². The molecule has 31 heavy (non-hydrogen) atoms. The van der Waals surface area contributed by atoms with E-state index < -0.39 is 11.9 Å². The minimum Gasteiger partial charge on any atom is -0.496 e. The van der Waals surface area contributed by atoms with Crippen molar-refractivity contribution in [1.82, 2.24) is 15.5 Å². The van der Waals surface area contributed by atoms with E-state index in [0.29, 0.717) is 11.6 Å². The van der Waals surface area contributed by atoms with Crippen LogP contribution in [-0.4, -0.2) is 50.5 Å². The van der Waals surface area contributed by atoms with Gasteiger partial charge in [-0.3, -0.25) is 9.59 Å². The molecule has 0 heterocycles. The fourth-order valence-electron chi connectivity index (χ4n) is 3.25. The lowest BCUT2D eigenvalue weighted by Gasteiger charge is -2.28. The van der Waals surface area contributed by atoms with E-state index in [1.807, 2.05) is 57.1 Å². The lowest BCUT2D eigenvalue weighted by atomic mass is 10.0. The first-order valence-corrected chi connectivity index (χ1v) is 10.7. The van der Waals surface area contributed by atoms with Crippen LogP contribution in [0.1, 0.15) is 35.8 Å². The quantitative estimate of drug-likeness (QED) is 0.582. The molecule has 0 bridgehead atoms. The second-order valence-electron chi connectivity index (χ2n) is 7.79. The first kappa shape index (κ1) is 25.0. The predicted octanol–water partition coefficient (Wildman–Crippen LogP) is 4.18. The van der Waals surface area contributed by atoms with E-state index in [2.05, 4.69) is 10.6 Å². The number of ether oxygens (including phenoxy) is 1. The van der Waals surface area contributed by atoms with Gasteiger partial charge in [0.2, 0.25) is 5.91 Å². The van der Waals surface area contributed by atoms with Crippen molar-refractivity contribution in [2.75, 3.05) is 27.7 Å². The lowest BCUT2D eigenvalue weighted by molar-refractivity contribution is -0.124. The zero-order valence-corrected chi connectivity index (χ0v) is 19.9. The summed E-state index contributed by atoms with van der Waals surface area (Å²) < 4.78 is 5.47. The average Bonchev–Trinajstić information content (AvgIpc) is 2.71. The van der Waals surface area contributed by atoms with Gasteiger partial charge in [-0.05, 0) is 44.3 Å². The van der Waals surface area contributed by atoms with Crippen LogP contribution >= 0.6 is 23.2 Å². The zero-order chi connectivity index (χ0) is 23.1. The first-order valence-electron chi connectivity index (χ1n) is 9.98. The molecule has 2 atom stereocenters. The molecule has 0 aromatic heterocycles. The number of para-hydroxylation sites is 1. The Morgan fingerprint density at radius 3 is 2.35 bits per heavy atom.